The zero-order chi connectivity index (χ0) is 21.6. The van der Waals surface area contributed by atoms with Crippen LogP contribution < -0.4 is 16.0 Å². The third-order valence-corrected chi connectivity index (χ3v) is 4.78. The largest absolute Gasteiger partial charge is 0.325 e. The summed E-state index contributed by atoms with van der Waals surface area (Å²) in [5.41, 5.74) is 3.10. The van der Waals surface area contributed by atoms with Crippen LogP contribution in [0.4, 0.5) is 16.2 Å². The normalized spacial score (nSPS) is 11.7. The van der Waals surface area contributed by atoms with Crippen molar-refractivity contribution in [3.8, 4) is 0 Å². The molecule has 2 aromatic carbocycles. The first kappa shape index (κ1) is 22.4. The molecule has 0 heterocycles. The Bertz CT molecular complexity index is 917. The van der Waals surface area contributed by atoms with Crippen LogP contribution in [0.15, 0.2) is 42.5 Å². The van der Waals surface area contributed by atoms with Crippen molar-refractivity contribution in [1.29, 1.82) is 0 Å². The molecule has 0 aliphatic carbocycles. The van der Waals surface area contributed by atoms with Crippen molar-refractivity contribution in [1.82, 2.24) is 10.2 Å². The lowest BCUT2D eigenvalue weighted by Gasteiger charge is -2.23. The molecule has 2 rings (SSSR count). The number of carbonyl (C=O) groups excluding carboxylic acids is 3. The van der Waals surface area contributed by atoms with E-state index in [4.69, 9.17) is 11.6 Å². The number of aryl methyl sites for hydroxylation is 2. The second-order valence-corrected chi connectivity index (χ2v) is 7.29. The number of halogens is 1. The Hall–Kier alpha value is -2.90. The van der Waals surface area contributed by atoms with E-state index in [0.29, 0.717) is 16.4 Å². The molecule has 8 heteroatoms. The van der Waals surface area contributed by atoms with Crippen molar-refractivity contribution < 1.29 is 14.4 Å². The fraction of sp³-hybridized carbons (Fsp3) is 0.286. The van der Waals surface area contributed by atoms with Crippen molar-refractivity contribution >= 4 is 40.8 Å². The van der Waals surface area contributed by atoms with Gasteiger partial charge in [-0.05, 0) is 51.6 Å². The number of rotatable bonds is 6. The molecule has 0 radical (unpaired) electrons. The van der Waals surface area contributed by atoms with Gasteiger partial charge >= 0.3 is 6.03 Å². The van der Waals surface area contributed by atoms with Gasteiger partial charge in [0, 0.05) is 5.69 Å². The first-order valence-corrected chi connectivity index (χ1v) is 9.49. The quantitative estimate of drug-likeness (QED) is 0.671. The first-order valence-electron chi connectivity index (χ1n) is 9.11. The van der Waals surface area contributed by atoms with Gasteiger partial charge in [-0.1, -0.05) is 41.4 Å². The minimum atomic E-state index is -0.697. The van der Waals surface area contributed by atoms with Gasteiger partial charge in [0.15, 0.2) is 0 Å². The number of nitrogens with zero attached hydrogens (tertiary/aromatic N) is 1. The van der Waals surface area contributed by atoms with E-state index in [1.54, 1.807) is 44.3 Å². The zero-order valence-electron chi connectivity index (χ0n) is 16.9. The molecule has 0 fully saturated rings. The maximum atomic E-state index is 12.4. The summed E-state index contributed by atoms with van der Waals surface area (Å²) in [7, 11) is 1.62. The highest BCUT2D eigenvalue weighted by atomic mass is 35.5. The van der Waals surface area contributed by atoms with E-state index in [0.717, 1.165) is 11.1 Å². The van der Waals surface area contributed by atoms with E-state index in [-0.39, 0.29) is 12.5 Å². The number of imide groups is 1. The van der Waals surface area contributed by atoms with Crippen molar-refractivity contribution in [2.45, 2.75) is 26.8 Å². The van der Waals surface area contributed by atoms with Gasteiger partial charge < -0.3 is 10.6 Å². The molecule has 0 aromatic heterocycles. The van der Waals surface area contributed by atoms with Gasteiger partial charge in [0.25, 0.3) is 0 Å². The average molecular weight is 417 g/mol. The average Bonchev–Trinajstić information content (AvgIpc) is 2.65. The maximum Gasteiger partial charge on any atom is 0.325 e. The SMILES string of the molecule is Cc1ccc(NC(=O)NC(=O)C(C)N(C)CC(=O)Nc2ccccc2Cl)c(C)c1. The van der Waals surface area contributed by atoms with Crippen LogP contribution in [0.1, 0.15) is 18.1 Å². The van der Waals surface area contributed by atoms with Crippen LogP contribution in [0, 0.1) is 13.8 Å². The van der Waals surface area contributed by atoms with Crippen LogP contribution in [0.3, 0.4) is 0 Å². The molecule has 0 aliphatic rings. The standard InChI is InChI=1S/C21H25ClN4O3/c1-13-9-10-17(14(2)11-13)24-21(29)25-20(28)15(3)26(4)12-19(27)23-18-8-6-5-7-16(18)22/h5-11,15H,12H2,1-4H3,(H,23,27)(H2,24,25,28,29). The number of amides is 4. The molecule has 154 valence electrons. The molecular formula is C21H25ClN4O3. The molecule has 3 N–H and O–H groups in total. The van der Waals surface area contributed by atoms with Crippen LogP contribution >= 0.6 is 11.6 Å². The lowest BCUT2D eigenvalue weighted by molar-refractivity contribution is -0.125. The molecular weight excluding hydrogens is 392 g/mol. The lowest BCUT2D eigenvalue weighted by Crippen LogP contribution is -2.48. The summed E-state index contributed by atoms with van der Waals surface area (Å²) in [4.78, 5) is 38.2. The molecule has 0 spiro atoms. The molecule has 1 atom stereocenters. The summed E-state index contributed by atoms with van der Waals surface area (Å²) < 4.78 is 0. The third kappa shape index (κ3) is 6.58. The fourth-order valence-corrected chi connectivity index (χ4v) is 2.82. The third-order valence-electron chi connectivity index (χ3n) is 4.45. The van der Waals surface area contributed by atoms with Gasteiger partial charge in [0.05, 0.1) is 23.3 Å². The molecule has 4 amide bonds. The van der Waals surface area contributed by atoms with Gasteiger partial charge in [0.2, 0.25) is 11.8 Å². The topological polar surface area (TPSA) is 90.5 Å². The van der Waals surface area contributed by atoms with Crippen LogP contribution in [0.2, 0.25) is 5.02 Å². The number of hydrogen-bond donors (Lipinski definition) is 3. The number of hydrogen-bond acceptors (Lipinski definition) is 4. The number of anilines is 2. The summed E-state index contributed by atoms with van der Waals surface area (Å²) in [5.74, 6) is -0.833. The summed E-state index contributed by atoms with van der Waals surface area (Å²) in [5, 5.41) is 8.08. The van der Waals surface area contributed by atoms with Gasteiger partial charge in [0.1, 0.15) is 0 Å². The van der Waals surface area contributed by atoms with E-state index in [1.807, 2.05) is 26.0 Å². The van der Waals surface area contributed by atoms with Crippen LogP contribution in [0.25, 0.3) is 0 Å². The van der Waals surface area contributed by atoms with Crippen LogP contribution in [-0.2, 0) is 9.59 Å². The monoisotopic (exact) mass is 416 g/mol. The van der Waals surface area contributed by atoms with Gasteiger partial charge in [-0.2, -0.15) is 0 Å². The number of likely N-dealkylation sites (N-methyl/N-ethyl adjacent to an activating group) is 1. The molecule has 0 saturated heterocycles. The van der Waals surface area contributed by atoms with E-state index in [1.165, 1.54) is 4.90 Å². The molecule has 0 aliphatic heterocycles. The van der Waals surface area contributed by atoms with E-state index >= 15 is 0 Å². The van der Waals surface area contributed by atoms with Crippen molar-refractivity contribution in [3.63, 3.8) is 0 Å². The zero-order valence-corrected chi connectivity index (χ0v) is 17.6. The Kier molecular flexibility index (Phi) is 7.75. The number of urea groups is 1. The smallest absolute Gasteiger partial charge is 0.324 e. The Morgan fingerprint density at radius 2 is 1.72 bits per heavy atom. The fourth-order valence-electron chi connectivity index (χ4n) is 2.64. The minimum Gasteiger partial charge on any atom is -0.324 e. The highest BCUT2D eigenvalue weighted by Gasteiger charge is 2.22. The van der Waals surface area contributed by atoms with E-state index in [9.17, 15) is 14.4 Å². The Morgan fingerprint density at radius 3 is 2.38 bits per heavy atom. The molecule has 7 nitrogen and oxygen atoms in total. The highest BCUT2D eigenvalue weighted by molar-refractivity contribution is 6.33. The predicted molar refractivity (Wildman–Crippen MR) is 115 cm³/mol. The summed E-state index contributed by atoms with van der Waals surface area (Å²) in [6.07, 6.45) is 0. The van der Waals surface area contributed by atoms with Gasteiger partial charge in [-0.15, -0.1) is 0 Å². The van der Waals surface area contributed by atoms with Gasteiger partial charge in [-0.25, -0.2) is 4.79 Å². The molecule has 29 heavy (non-hydrogen) atoms. The van der Waals surface area contributed by atoms with E-state index in [2.05, 4.69) is 16.0 Å². The maximum absolute atomic E-state index is 12.4. The molecule has 1 unspecified atom stereocenters. The van der Waals surface area contributed by atoms with Crippen LogP contribution in [-0.4, -0.2) is 42.4 Å². The molecule has 2 aromatic rings. The number of carbonyl (C=O) groups is 3. The van der Waals surface area contributed by atoms with Crippen LogP contribution in [0.5, 0.6) is 0 Å². The number of nitrogens with one attached hydrogen (secondary N) is 3. The predicted octanol–water partition coefficient (Wildman–Crippen LogP) is 3.56. The summed E-state index contributed by atoms with van der Waals surface area (Å²) >= 11 is 6.02. The van der Waals surface area contributed by atoms with Crippen molar-refractivity contribution in [2.75, 3.05) is 24.2 Å². The molecule has 0 saturated carbocycles. The minimum absolute atomic E-state index is 0.0432. The summed E-state index contributed by atoms with van der Waals surface area (Å²) in [6, 6.07) is 11.2. The second-order valence-electron chi connectivity index (χ2n) is 6.88. The van der Waals surface area contributed by atoms with Crippen molar-refractivity contribution in [2.24, 2.45) is 0 Å². The highest BCUT2D eigenvalue weighted by Crippen LogP contribution is 2.20. The Labute approximate surface area is 175 Å². The lowest BCUT2D eigenvalue weighted by atomic mass is 10.1. The Balaban J connectivity index is 1.87. The first-order chi connectivity index (χ1) is 13.7. The Morgan fingerprint density at radius 1 is 1.03 bits per heavy atom. The van der Waals surface area contributed by atoms with Gasteiger partial charge in [-0.3, -0.25) is 19.8 Å². The molecule has 0 bridgehead atoms. The van der Waals surface area contributed by atoms with Crippen molar-refractivity contribution in [3.05, 3.63) is 58.6 Å². The summed E-state index contributed by atoms with van der Waals surface area (Å²) in [6.45, 7) is 5.40. The second kappa shape index (κ2) is 10.0. The van der Waals surface area contributed by atoms with E-state index < -0.39 is 18.0 Å². The number of benzene rings is 2. The number of para-hydroxylation sites is 1.